The minimum atomic E-state index is -0.495. The minimum Gasteiger partial charge on any atom is -0.489 e. The van der Waals surface area contributed by atoms with Crippen LogP contribution in [0.25, 0.3) is 0 Å². The number of hydrogen-bond acceptors (Lipinski definition) is 6. The number of halogens is 2. The van der Waals surface area contributed by atoms with Crippen molar-refractivity contribution in [1.82, 2.24) is 14.8 Å². The molecule has 3 aromatic rings. The van der Waals surface area contributed by atoms with Gasteiger partial charge in [-0.25, -0.2) is 9.48 Å². The molecule has 7 nitrogen and oxygen atoms in total. The smallest absolute Gasteiger partial charge is 0.338 e. The molecule has 1 aliphatic rings. The summed E-state index contributed by atoms with van der Waals surface area (Å²) in [5.74, 6) is 0.758. The van der Waals surface area contributed by atoms with E-state index in [0.29, 0.717) is 39.6 Å². The topological polar surface area (TPSA) is 78.3 Å². The Morgan fingerprint density at radius 2 is 2.03 bits per heavy atom. The molecule has 32 heavy (non-hydrogen) atoms. The summed E-state index contributed by atoms with van der Waals surface area (Å²) in [6.45, 7) is 5.82. The van der Waals surface area contributed by atoms with E-state index in [4.69, 9.17) is 32.7 Å². The van der Waals surface area contributed by atoms with Gasteiger partial charge in [0.2, 0.25) is 5.95 Å². The third-order valence-corrected chi connectivity index (χ3v) is 5.54. The molecule has 2 aromatic carbocycles. The van der Waals surface area contributed by atoms with Crippen molar-refractivity contribution in [3.8, 4) is 5.75 Å². The summed E-state index contributed by atoms with van der Waals surface area (Å²) in [7, 11) is 0. The second-order valence-electron chi connectivity index (χ2n) is 7.08. The zero-order valence-corrected chi connectivity index (χ0v) is 18.7. The molecule has 0 saturated carbocycles. The summed E-state index contributed by atoms with van der Waals surface area (Å²) in [6, 6.07) is 12.2. The summed E-state index contributed by atoms with van der Waals surface area (Å²) < 4.78 is 12.8. The average molecular weight is 471 g/mol. The molecular weight excluding hydrogens is 451 g/mol. The molecule has 4 rings (SSSR count). The van der Waals surface area contributed by atoms with Gasteiger partial charge in [0.1, 0.15) is 31.3 Å². The van der Waals surface area contributed by atoms with Gasteiger partial charge in [-0.3, -0.25) is 0 Å². The van der Waals surface area contributed by atoms with E-state index in [1.54, 1.807) is 16.8 Å². The van der Waals surface area contributed by atoms with Crippen LogP contribution in [0.4, 0.5) is 5.95 Å². The van der Waals surface area contributed by atoms with Crippen LogP contribution in [0.15, 0.2) is 72.7 Å². The van der Waals surface area contributed by atoms with Gasteiger partial charge in [-0.2, -0.15) is 10.1 Å². The molecule has 0 bridgehead atoms. The lowest BCUT2D eigenvalue weighted by Crippen LogP contribution is -2.29. The van der Waals surface area contributed by atoms with Crippen molar-refractivity contribution in [2.24, 2.45) is 0 Å². The maximum Gasteiger partial charge on any atom is 0.338 e. The lowest BCUT2D eigenvalue weighted by molar-refractivity contribution is -0.138. The molecule has 1 N–H and O–H groups in total. The lowest BCUT2D eigenvalue weighted by atomic mass is 9.96. The van der Waals surface area contributed by atoms with Crippen molar-refractivity contribution in [3.63, 3.8) is 0 Å². The molecule has 1 unspecified atom stereocenters. The normalized spacial score (nSPS) is 15.0. The maximum absolute atomic E-state index is 12.8. The molecule has 1 aliphatic heterocycles. The van der Waals surface area contributed by atoms with Crippen LogP contribution in [0.2, 0.25) is 10.0 Å². The SMILES string of the molecule is C=CCOC(=O)C1=C(C)Nc2ncnn2C1c1ccc(OCc2ccc(Cl)cc2Cl)cc1. The number of allylic oxidation sites excluding steroid dienone is 1. The summed E-state index contributed by atoms with van der Waals surface area (Å²) in [4.78, 5) is 17.0. The zero-order chi connectivity index (χ0) is 22.7. The fourth-order valence-electron chi connectivity index (χ4n) is 3.42. The van der Waals surface area contributed by atoms with Crippen LogP contribution in [0.1, 0.15) is 24.1 Å². The second kappa shape index (κ2) is 9.46. The number of benzene rings is 2. The van der Waals surface area contributed by atoms with E-state index in [2.05, 4.69) is 22.0 Å². The Balaban J connectivity index is 1.58. The second-order valence-corrected chi connectivity index (χ2v) is 7.92. The van der Waals surface area contributed by atoms with Crippen LogP contribution >= 0.6 is 23.2 Å². The monoisotopic (exact) mass is 470 g/mol. The predicted molar refractivity (Wildman–Crippen MR) is 123 cm³/mol. The maximum atomic E-state index is 12.8. The highest BCUT2D eigenvalue weighted by molar-refractivity contribution is 6.35. The number of aromatic nitrogens is 3. The van der Waals surface area contributed by atoms with E-state index in [-0.39, 0.29) is 6.61 Å². The Morgan fingerprint density at radius 3 is 2.75 bits per heavy atom. The van der Waals surface area contributed by atoms with Gasteiger partial charge in [0.15, 0.2) is 0 Å². The Kier molecular flexibility index (Phi) is 6.48. The highest BCUT2D eigenvalue weighted by atomic mass is 35.5. The zero-order valence-electron chi connectivity index (χ0n) is 17.2. The highest BCUT2D eigenvalue weighted by Gasteiger charge is 2.34. The molecule has 0 radical (unpaired) electrons. The number of ether oxygens (including phenoxy) is 2. The average Bonchev–Trinajstić information content (AvgIpc) is 3.24. The number of carbonyl (C=O) groups excluding carboxylic acids is 1. The largest absolute Gasteiger partial charge is 0.489 e. The Morgan fingerprint density at radius 1 is 1.25 bits per heavy atom. The molecular formula is C23H20Cl2N4O3. The molecule has 0 aliphatic carbocycles. The van der Waals surface area contributed by atoms with Crippen molar-refractivity contribution in [3.05, 3.63) is 93.9 Å². The lowest BCUT2D eigenvalue weighted by Gasteiger charge is -2.28. The molecule has 1 atom stereocenters. The number of esters is 1. The summed E-state index contributed by atoms with van der Waals surface area (Å²) in [6.07, 6.45) is 2.97. The van der Waals surface area contributed by atoms with Gasteiger partial charge in [0.05, 0.1) is 5.57 Å². The first-order chi connectivity index (χ1) is 15.5. The Labute approximate surface area is 195 Å². The number of carbonyl (C=O) groups is 1. The third kappa shape index (κ3) is 4.49. The van der Waals surface area contributed by atoms with Crippen molar-refractivity contribution in [2.45, 2.75) is 19.6 Å². The molecule has 9 heteroatoms. The van der Waals surface area contributed by atoms with Crippen molar-refractivity contribution >= 4 is 35.1 Å². The fraction of sp³-hybridized carbons (Fsp3) is 0.174. The number of hydrogen-bond donors (Lipinski definition) is 1. The van der Waals surface area contributed by atoms with Gasteiger partial charge in [-0.05, 0) is 36.8 Å². The standard InChI is InChI=1S/C23H20Cl2N4O3/c1-3-10-31-22(30)20-14(2)28-23-26-13-27-29(23)21(20)15-5-8-18(9-6-15)32-12-16-4-7-17(24)11-19(16)25/h3-9,11,13,21H,1,10,12H2,2H3,(H,26,27,28). The first-order valence-electron chi connectivity index (χ1n) is 9.80. The molecule has 2 heterocycles. The number of anilines is 1. The first-order valence-corrected chi connectivity index (χ1v) is 10.6. The van der Waals surface area contributed by atoms with Gasteiger partial charge in [-0.15, -0.1) is 0 Å². The number of rotatable bonds is 7. The van der Waals surface area contributed by atoms with E-state index in [0.717, 1.165) is 11.1 Å². The molecule has 0 amide bonds. The van der Waals surface area contributed by atoms with Crippen LogP contribution in [-0.4, -0.2) is 27.3 Å². The van der Waals surface area contributed by atoms with Gasteiger partial charge in [-0.1, -0.05) is 54.1 Å². The van der Waals surface area contributed by atoms with E-state index in [9.17, 15) is 4.79 Å². The summed E-state index contributed by atoms with van der Waals surface area (Å²) in [5.41, 5.74) is 2.77. The van der Waals surface area contributed by atoms with Crippen LogP contribution < -0.4 is 10.1 Å². The molecule has 0 fully saturated rings. The van der Waals surface area contributed by atoms with Gasteiger partial charge >= 0.3 is 5.97 Å². The quantitative estimate of drug-likeness (QED) is 0.378. The first kappa shape index (κ1) is 21.9. The van der Waals surface area contributed by atoms with Crippen molar-refractivity contribution < 1.29 is 14.3 Å². The number of fused-ring (bicyclic) bond motifs is 1. The Bertz CT molecular complexity index is 1190. The molecule has 0 spiro atoms. The third-order valence-electron chi connectivity index (χ3n) is 4.95. The number of nitrogens with zero attached hydrogens (tertiary/aromatic N) is 3. The predicted octanol–water partition coefficient (Wildman–Crippen LogP) is 5.18. The van der Waals surface area contributed by atoms with E-state index in [1.165, 1.54) is 12.4 Å². The number of nitrogens with one attached hydrogen (secondary N) is 1. The van der Waals surface area contributed by atoms with E-state index < -0.39 is 12.0 Å². The minimum absolute atomic E-state index is 0.118. The van der Waals surface area contributed by atoms with Crippen molar-refractivity contribution in [1.29, 1.82) is 0 Å². The molecule has 1 aromatic heterocycles. The molecule has 0 saturated heterocycles. The van der Waals surface area contributed by atoms with Crippen LogP contribution in [-0.2, 0) is 16.1 Å². The van der Waals surface area contributed by atoms with Crippen molar-refractivity contribution in [2.75, 3.05) is 11.9 Å². The fourth-order valence-corrected chi connectivity index (χ4v) is 3.89. The highest BCUT2D eigenvalue weighted by Crippen LogP contribution is 2.36. The Hall–Kier alpha value is -3.29. The van der Waals surface area contributed by atoms with Gasteiger partial charge < -0.3 is 14.8 Å². The van der Waals surface area contributed by atoms with Crippen LogP contribution in [0, 0.1) is 0 Å². The summed E-state index contributed by atoms with van der Waals surface area (Å²) >= 11 is 12.2. The van der Waals surface area contributed by atoms with Crippen LogP contribution in [0.3, 0.4) is 0 Å². The van der Waals surface area contributed by atoms with E-state index in [1.807, 2.05) is 37.3 Å². The summed E-state index contributed by atoms with van der Waals surface area (Å²) in [5, 5.41) is 8.52. The van der Waals surface area contributed by atoms with E-state index >= 15 is 0 Å². The molecule has 164 valence electrons. The van der Waals surface area contributed by atoms with Gasteiger partial charge in [0.25, 0.3) is 0 Å². The van der Waals surface area contributed by atoms with Gasteiger partial charge in [0, 0.05) is 21.3 Å². The van der Waals surface area contributed by atoms with Crippen LogP contribution in [0.5, 0.6) is 5.75 Å².